The third-order valence-electron chi connectivity index (χ3n) is 1.95. The smallest absolute Gasteiger partial charge is 0.129 e. The third kappa shape index (κ3) is 3.80. The summed E-state index contributed by atoms with van der Waals surface area (Å²) in [7, 11) is 2.05. The van der Waals surface area contributed by atoms with Gasteiger partial charge in [-0.2, -0.15) is 0 Å². The molecule has 1 heterocycles. The van der Waals surface area contributed by atoms with Crippen LogP contribution in [0.1, 0.15) is 19.8 Å². The maximum Gasteiger partial charge on any atom is 0.129 e. The molecular weight excluding hydrogens is 262 g/mol. The number of anilines is 1. The number of Topliss-reactive ketones (excluding diaryl/α,β-unsaturated/α-hetero) is 1. The first-order valence-electron chi connectivity index (χ1n) is 4.54. The predicted octanol–water partition coefficient (Wildman–Crippen LogP) is 3.32. The number of halogens is 1. The second-order valence-corrected chi connectivity index (χ2v) is 5.14. The number of rotatable bonds is 5. The van der Waals surface area contributed by atoms with Crippen LogP contribution in [0.2, 0.25) is 0 Å². The minimum atomic E-state index is 0.269. The van der Waals surface area contributed by atoms with Crippen LogP contribution in [0.4, 0.5) is 5.00 Å². The number of nitrogens with zero attached hydrogens (tertiary/aromatic N) is 1. The number of hydrogen-bond donors (Lipinski definition) is 0. The van der Waals surface area contributed by atoms with Gasteiger partial charge in [0.15, 0.2) is 0 Å². The molecule has 4 heteroatoms. The van der Waals surface area contributed by atoms with Crippen LogP contribution in [-0.4, -0.2) is 19.4 Å². The van der Waals surface area contributed by atoms with Gasteiger partial charge >= 0.3 is 0 Å². The monoisotopic (exact) mass is 275 g/mol. The van der Waals surface area contributed by atoms with Crippen molar-refractivity contribution in [1.29, 1.82) is 0 Å². The normalized spacial score (nSPS) is 10.2. The summed E-state index contributed by atoms with van der Waals surface area (Å²) in [6.45, 7) is 2.58. The summed E-state index contributed by atoms with van der Waals surface area (Å²) >= 11 is 5.13. The van der Waals surface area contributed by atoms with Gasteiger partial charge in [0, 0.05) is 29.9 Å². The molecule has 0 saturated carbocycles. The Bertz CT molecular complexity index is 311. The highest BCUT2D eigenvalue weighted by molar-refractivity contribution is 9.10. The highest BCUT2D eigenvalue weighted by Gasteiger charge is 2.03. The lowest BCUT2D eigenvalue weighted by molar-refractivity contribution is -0.117. The number of hydrogen-bond acceptors (Lipinski definition) is 3. The molecule has 0 N–H and O–H groups in total. The Kier molecular flexibility index (Phi) is 4.62. The van der Waals surface area contributed by atoms with E-state index < -0.39 is 0 Å². The van der Waals surface area contributed by atoms with E-state index in [0.29, 0.717) is 6.42 Å². The summed E-state index contributed by atoms with van der Waals surface area (Å²) < 4.78 is 1.12. The molecule has 0 aliphatic carbocycles. The maximum atomic E-state index is 10.7. The van der Waals surface area contributed by atoms with Crippen LogP contribution in [0.15, 0.2) is 15.9 Å². The Balaban J connectivity index is 2.35. The third-order valence-corrected chi connectivity index (χ3v) is 3.76. The quantitative estimate of drug-likeness (QED) is 0.822. The average molecular weight is 276 g/mol. The minimum absolute atomic E-state index is 0.269. The van der Waals surface area contributed by atoms with E-state index in [4.69, 9.17) is 0 Å². The molecule has 0 radical (unpaired) electrons. The molecular formula is C10H14BrNOS. The van der Waals surface area contributed by atoms with Crippen LogP contribution in [0.5, 0.6) is 0 Å². The fourth-order valence-corrected chi connectivity index (χ4v) is 2.59. The van der Waals surface area contributed by atoms with Gasteiger partial charge in [0.1, 0.15) is 5.78 Å². The second-order valence-electron chi connectivity index (χ2n) is 3.33. The zero-order chi connectivity index (χ0) is 10.6. The van der Waals surface area contributed by atoms with E-state index >= 15 is 0 Å². The Morgan fingerprint density at radius 1 is 1.64 bits per heavy atom. The summed E-state index contributed by atoms with van der Waals surface area (Å²) in [5.74, 6) is 0.269. The molecule has 0 aliphatic rings. The van der Waals surface area contributed by atoms with Crippen LogP contribution in [0.3, 0.4) is 0 Å². The van der Waals surface area contributed by atoms with Crippen molar-refractivity contribution in [1.82, 2.24) is 0 Å². The first-order chi connectivity index (χ1) is 6.59. The molecule has 1 aromatic heterocycles. The number of carbonyl (C=O) groups excluding carboxylic acids is 1. The lowest BCUT2D eigenvalue weighted by atomic mass is 10.2. The summed E-state index contributed by atoms with van der Waals surface area (Å²) in [5, 5.41) is 3.30. The zero-order valence-corrected chi connectivity index (χ0v) is 10.8. The number of thiophene rings is 1. The van der Waals surface area contributed by atoms with Gasteiger partial charge in [-0.05, 0) is 35.3 Å². The Morgan fingerprint density at radius 3 is 2.86 bits per heavy atom. The maximum absolute atomic E-state index is 10.7. The van der Waals surface area contributed by atoms with Crippen LogP contribution < -0.4 is 4.90 Å². The van der Waals surface area contributed by atoms with Crippen LogP contribution in [0, 0.1) is 0 Å². The van der Waals surface area contributed by atoms with Crippen molar-refractivity contribution in [2.45, 2.75) is 19.8 Å². The van der Waals surface area contributed by atoms with Crippen molar-refractivity contribution in [3.05, 3.63) is 15.9 Å². The zero-order valence-electron chi connectivity index (χ0n) is 8.42. The van der Waals surface area contributed by atoms with Gasteiger partial charge in [-0.3, -0.25) is 0 Å². The van der Waals surface area contributed by atoms with Crippen LogP contribution >= 0.6 is 27.3 Å². The molecule has 14 heavy (non-hydrogen) atoms. The average Bonchev–Trinajstić information content (AvgIpc) is 2.51. The SMILES string of the molecule is CC(=O)CCCN(C)c1cc(Br)cs1. The molecule has 0 fully saturated rings. The molecule has 0 aliphatic heterocycles. The Hall–Kier alpha value is -0.350. The highest BCUT2D eigenvalue weighted by atomic mass is 79.9. The van der Waals surface area contributed by atoms with E-state index in [9.17, 15) is 4.79 Å². The second kappa shape index (κ2) is 5.51. The van der Waals surface area contributed by atoms with Crippen molar-refractivity contribution in [3.8, 4) is 0 Å². The van der Waals surface area contributed by atoms with Crippen molar-refractivity contribution in [2.75, 3.05) is 18.5 Å². The highest BCUT2D eigenvalue weighted by Crippen LogP contribution is 2.27. The van der Waals surface area contributed by atoms with Gasteiger partial charge in [-0.25, -0.2) is 0 Å². The van der Waals surface area contributed by atoms with E-state index in [1.54, 1.807) is 18.3 Å². The molecule has 2 nitrogen and oxygen atoms in total. The van der Waals surface area contributed by atoms with E-state index in [1.165, 1.54) is 5.00 Å². The van der Waals surface area contributed by atoms with Crippen molar-refractivity contribution in [2.24, 2.45) is 0 Å². The Labute approximate surface area is 97.1 Å². The van der Waals surface area contributed by atoms with E-state index in [-0.39, 0.29) is 5.78 Å². The van der Waals surface area contributed by atoms with E-state index in [0.717, 1.165) is 17.4 Å². The number of carbonyl (C=O) groups is 1. The minimum Gasteiger partial charge on any atom is -0.366 e. The van der Waals surface area contributed by atoms with Gasteiger partial charge in [0.25, 0.3) is 0 Å². The first-order valence-corrected chi connectivity index (χ1v) is 6.21. The summed E-state index contributed by atoms with van der Waals surface area (Å²) in [6.07, 6.45) is 1.61. The van der Waals surface area contributed by atoms with Gasteiger partial charge < -0.3 is 9.69 Å². The summed E-state index contributed by atoms with van der Waals surface area (Å²) in [5.41, 5.74) is 0. The fraction of sp³-hybridized carbons (Fsp3) is 0.500. The molecule has 78 valence electrons. The summed E-state index contributed by atoms with van der Waals surface area (Å²) in [6, 6.07) is 2.10. The van der Waals surface area contributed by atoms with Crippen LogP contribution in [-0.2, 0) is 4.79 Å². The molecule has 0 saturated heterocycles. The molecule has 0 bridgehead atoms. The standard InChI is InChI=1S/C10H14BrNOS/c1-8(13)4-3-5-12(2)10-6-9(11)7-14-10/h6-7H,3-5H2,1-2H3. The van der Waals surface area contributed by atoms with Gasteiger partial charge in [-0.15, -0.1) is 11.3 Å². The molecule has 0 aromatic carbocycles. The molecule has 1 aromatic rings. The van der Waals surface area contributed by atoms with Crippen molar-refractivity contribution in [3.63, 3.8) is 0 Å². The topological polar surface area (TPSA) is 20.3 Å². The number of ketones is 1. The molecule has 0 atom stereocenters. The first kappa shape index (κ1) is 11.7. The lowest BCUT2D eigenvalue weighted by Crippen LogP contribution is -2.17. The van der Waals surface area contributed by atoms with Crippen molar-refractivity contribution < 1.29 is 4.79 Å². The molecule has 0 amide bonds. The molecule has 1 rings (SSSR count). The Morgan fingerprint density at radius 2 is 2.36 bits per heavy atom. The largest absolute Gasteiger partial charge is 0.366 e. The van der Waals surface area contributed by atoms with Crippen LogP contribution in [0.25, 0.3) is 0 Å². The summed E-state index contributed by atoms with van der Waals surface area (Å²) in [4.78, 5) is 12.9. The molecule has 0 unspecified atom stereocenters. The van der Waals surface area contributed by atoms with E-state index in [1.807, 2.05) is 0 Å². The van der Waals surface area contributed by atoms with Gasteiger partial charge in [0.2, 0.25) is 0 Å². The lowest BCUT2D eigenvalue weighted by Gasteiger charge is -2.15. The molecule has 0 spiro atoms. The van der Waals surface area contributed by atoms with Gasteiger partial charge in [0.05, 0.1) is 5.00 Å². The van der Waals surface area contributed by atoms with Crippen molar-refractivity contribution >= 4 is 38.1 Å². The van der Waals surface area contributed by atoms with E-state index in [2.05, 4.69) is 39.3 Å². The fourth-order valence-electron chi connectivity index (χ4n) is 1.18. The van der Waals surface area contributed by atoms with Gasteiger partial charge in [-0.1, -0.05) is 0 Å². The predicted molar refractivity (Wildman–Crippen MR) is 65.2 cm³/mol.